The highest BCUT2D eigenvalue weighted by atomic mass is 31.1. The van der Waals surface area contributed by atoms with Crippen LogP contribution in [0, 0.1) is 0 Å². The van der Waals surface area contributed by atoms with Crippen LogP contribution in [0.2, 0.25) is 0 Å². The minimum atomic E-state index is 0.377. The lowest BCUT2D eigenvalue weighted by Crippen LogP contribution is -2.33. The fraction of sp³-hybridized carbons (Fsp3) is 0.333. The molecule has 0 aromatic heterocycles. The lowest BCUT2D eigenvalue weighted by molar-refractivity contribution is 0.328. The number of ether oxygens (including phenoxy) is 1. The zero-order valence-electron chi connectivity index (χ0n) is 12.9. The molecule has 1 aliphatic heterocycles. The summed E-state index contributed by atoms with van der Waals surface area (Å²) in [6.45, 7) is 3.36. The number of hydrogen-bond donors (Lipinski definition) is 1. The van der Waals surface area contributed by atoms with Gasteiger partial charge in [0.25, 0.3) is 0 Å². The molecule has 0 saturated heterocycles. The largest absolute Gasteiger partial charge is 0.507 e. The molecule has 0 spiro atoms. The van der Waals surface area contributed by atoms with Gasteiger partial charge in [0, 0.05) is 18.2 Å². The van der Waals surface area contributed by atoms with Gasteiger partial charge in [0.1, 0.15) is 11.5 Å². The van der Waals surface area contributed by atoms with Gasteiger partial charge >= 0.3 is 0 Å². The molecule has 1 heterocycles. The Morgan fingerprint density at radius 2 is 2.14 bits per heavy atom. The molecule has 1 N–H and O–H groups in total. The van der Waals surface area contributed by atoms with E-state index in [9.17, 15) is 5.11 Å². The van der Waals surface area contributed by atoms with E-state index in [4.69, 9.17) is 4.74 Å². The maximum atomic E-state index is 10.4. The number of fused-ring (bicyclic) bond motifs is 2. The lowest BCUT2D eigenvalue weighted by Gasteiger charge is -2.41. The van der Waals surface area contributed by atoms with Crippen LogP contribution in [0.4, 0.5) is 0 Å². The van der Waals surface area contributed by atoms with Crippen LogP contribution >= 0.6 is 8.73 Å². The Morgan fingerprint density at radius 1 is 1.27 bits per heavy atom. The molecule has 2 aromatic carbocycles. The van der Waals surface area contributed by atoms with Crippen molar-refractivity contribution in [1.82, 2.24) is 4.67 Å². The molecule has 4 rings (SSSR count). The Bertz CT molecular complexity index is 744. The molecule has 2 aromatic rings. The fourth-order valence-corrected chi connectivity index (χ4v) is 4.79. The maximum absolute atomic E-state index is 10.4. The summed E-state index contributed by atoms with van der Waals surface area (Å²) in [5, 5.41) is 10.4. The molecule has 3 nitrogen and oxygen atoms in total. The number of phenols is 1. The normalized spacial score (nSPS) is 20.0. The van der Waals surface area contributed by atoms with E-state index in [1.807, 2.05) is 6.07 Å². The monoisotopic (exact) mass is 313 g/mol. The topological polar surface area (TPSA) is 32.7 Å². The number of aromatic hydroxyl groups is 1. The third-order valence-electron chi connectivity index (χ3n) is 4.90. The van der Waals surface area contributed by atoms with Crippen LogP contribution in [0.1, 0.15) is 22.7 Å². The van der Waals surface area contributed by atoms with Crippen LogP contribution < -0.4 is 4.74 Å². The minimum Gasteiger partial charge on any atom is -0.507 e. The van der Waals surface area contributed by atoms with E-state index in [1.54, 1.807) is 13.2 Å². The van der Waals surface area contributed by atoms with Gasteiger partial charge in [-0.25, -0.2) is 0 Å². The quantitative estimate of drug-likeness (QED) is 0.857. The summed E-state index contributed by atoms with van der Waals surface area (Å²) in [6, 6.07) is 10.6. The fourth-order valence-electron chi connectivity index (χ4n) is 3.92. The van der Waals surface area contributed by atoms with E-state index < -0.39 is 0 Å². The molecule has 0 bridgehead atoms. The lowest BCUT2D eigenvalue weighted by atomic mass is 9.77. The van der Waals surface area contributed by atoms with Gasteiger partial charge in [0.15, 0.2) is 0 Å². The van der Waals surface area contributed by atoms with Crippen LogP contribution in [-0.2, 0) is 12.8 Å². The molecule has 0 radical (unpaired) electrons. The van der Waals surface area contributed by atoms with Crippen molar-refractivity contribution in [3.63, 3.8) is 0 Å². The third-order valence-corrected chi connectivity index (χ3v) is 6.01. The number of rotatable bonds is 2. The van der Waals surface area contributed by atoms with E-state index in [2.05, 4.69) is 29.5 Å². The summed E-state index contributed by atoms with van der Waals surface area (Å²) in [5.74, 6) is 1.26. The number of methoxy groups -OCH3 is 1. The zero-order valence-corrected chi connectivity index (χ0v) is 13.9. The number of hydrogen-bond acceptors (Lipinski definition) is 3. The minimum absolute atomic E-state index is 0.377. The van der Waals surface area contributed by atoms with Crippen LogP contribution in [0.15, 0.2) is 30.3 Å². The Morgan fingerprint density at radius 3 is 2.91 bits per heavy atom. The molecule has 0 saturated carbocycles. The van der Waals surface area contributed by atoms with Crippen molar-refractivity contribution >= 4 is 8.73 Å². The van der Waals surface area contributed by atoms with Gasteiger partial charge in [-0.3, -0.25) is 4.67 Å². The molecular weight excluding hydrogens is 293 g/mol. The second-order valence-electron chi connectivity index (χ2n) is 5.95. The second kappa shape index (κ2) is 5.26. The first-order valence-electron chi connectivity index (χ1n) is 7.69. The number of phenolic OH excluding ortho intramolecular Hbond substituents is 1. The molecule has 0 fully saturated rings. The van der Waals surface area contributed by atoms with E-state index in [1.165, 1.54) is 16.7 Å². The number of benzene rings is 2. The SMILES string of the molecule is COc1cc2c3c(c1)-c1c(O)cccc1C[C@H]3N(PC)CC2. The standard InChI is InChI=1S/C18H20NO2P/c1-21-13-8-12-6-7-19(22-2)15-9-11-4-3-5-16(20)18(11)14(10-13)17(12)15/h3-5,8,10,15,20,22H,6-7,9H2,1-2H3/t15-/m1/s1. The average molecular weight is 313 g/mol. The zero-order chi connectivity index (χ0) is 15.3. The molecule has 0 amide bonds. The van der Waals surface area contributed by atoms with Gasteiger partial charge in [-0.15, -0.1) is 0 Å². The molecule has 2 atom stereocenters. The highest BCUT2D eigenvalue weighted by molar-refractivity contribution is 7.34. The van der Waals surface area contributed by atoms with E-state index in [0.717, 1.165) is 45.0 Å². The smallest absolute Gasteiger partial charge is 0.123 e. The van der Waals surface area contributed by atoms with Gasteiger partial charge in [-0.05, 0) is 60.0 Å². The van der Waals surface area contributed by atoms with E-state index in [-0.39, 0.29) is 0 Å². The van der Waals surface area contributed by atoms with Crippen LogP contribution in [0.5, 0.6) is 11.5 Å². The summed E-state index contributed by atoms with van der Waals surface area (Å²) in [4.78, 5) is 0. The number of nitrogens with zero attached hydrogens (tertiary/aromatic N) is 1. The second-order valence-corrected chi connectivity index (χ2v) is 6.97. The summed E-state index contributed by atoms with van der Waals surface area (Å²) >= 11 is 0. The highest BCUT2D eigenvalue weighted by Gasteiger charge is 2.35. The van der Waals surface area contributed by atoms with Gasteiger partial charge in [-0.1, -0.05) is 20.9 Å². The van der Waals surface area contributed by atoms with E-state index >= 15 is 0 Å². The van der Waals surface area contributed by atoms with Gasteiger partial charge in [0.05, 0.1) is 7.11 Å². The molecule has 1 unspecified atom stereocenters. The van der Waals surface area contributed by atoms with Crippen molar-refractivity contribution < 1.29 is 9.84 Å². The highest BCUT2D eigenvalue weighted by Crippen LogP contribution is 2.51. The van der Waals surface area contributed by atoms with Crippen molar-refractivity contribution in [3.8, 4) is 22.6 Å². The maximum Gasteiger partial charge on any atom is 0.123 e. The summed E-state index contributed by atoms with van der Waals surface area (Å²) < 4.78 is 8.07. The summed E-state index contributed by atoms with van der Waals surface area (Å²) in [5.41, 5.74) is 6.16. The molecular formula is C18H20NO2P. The van der Waals surface area contributed by atoms with Crippen molar-refractivity contribution in [2.75, 3.05) is 20.3 Å². The van der Waals surface area contributed by atoms with Crippen LogP contribution in [-0.4, -0.2) is 30.1 Å². The Labute approximate surface area is 132 Å². The van der Waals surface area contributed by atoms with Gasteiger partial charge in [-0.2, -0.15) is 0 Å². The Kier molecular flexibility index (Phi) is 3.36. The van der Waals surface area contributed by atoms with Crippen LogP contribution in [0.25, 0.3) is 11.1 Å². The molecule has 1 aliphatic carbocycles. The van der Waals surface area contributed by atoms with Crippen molar-refractivity contribution in [3.05, 3.63) is 47.0 Å². The Balaban J connectivity index is 2.01. The predicted octanol–water partition coefficient (Wildman–Crippen LogP) is 3.75. The van der Waals surface area contributed by atoms with Crippen molar-refractivity contribution in [2.24, 2.45) is 0 Å². The van der Waals surface area contributed by atoms with Gasteiger partial charge < -0.3 is 9.84 Å². The molecule has 114 valence electrons. The Hall–Kier alpha value is -1.57. The summed E-state index contributed by atoms with van der Waals surface area (Å²) in [6.07, 6.45) is 2.04. The molecule has 2 aliphatic rings. The third kappa shape index (κ3) is 1.96. The first kappa shape index (κ1) is 14.0. The molecule has 22 heavy (non-hydrogen) atoms. The predicted molar refractivity (Wildman–Crippen MR) is 91.2 cm³/mol. The van der Waals surface area contributed by atoms with E-state index in [0.29, 0.717) is 11.8 Å². The average Bonchev–Trinajstić information content (AvgIpc) is 2.54. The summed E-state index contributed by atoms with van der Waals surface area (Å²) in [7, 11) is 2.52. The first-order chi connectivity index (χ1) is 10.7. The van der Waals surface area contributed by atoms with Crippen molar-refractivity contribution in [2.45, 2.75) is 18.9 Å². The first-order valence-corrected chi connectivity index (χ1v) is 9.13. The van der Waals surface area contributed by atoms with Gasteiger partial charge in [0.2, 0.25) is 0 Å². The molecule has 4 heteroatoms. The van der Waals surface area contributed by atoms with Crippen LogP contribution in [0.3, 0.4) is 0 Å². The van der Waals surface area contributed by atoms with Crippen molar-refractivity contribution in [1.29, 1.82) is 0 Å².